The predicted octanol–water partition coefficient (Wildman–Crippen LogP) is 1.26. The van der Waals surface area contributed by atoms with Gasteiger partial charge in [-0.1, -0.05) is 6.07 Å². The lowest BCUT2D eigenvalue weighted by molar-refractivity contribution is 0.0646. The number of hydrogen-bond donors (Lipinski definition) is 3. The van der Waals surface area contributed by atoms with Crippen LogP contribution >= 0.6 is 0 Å². The normalized spacial score (nSPS) is 9.14. The van der Waals surface area contributed by atoms with E-state index in [-0.39, 0.29) is 11.3 Å². The molecule has 2 rings (SSSR count). The number of carboxylic acids is 3. The van der Waals surface area contributed by atoms with Crippen LogP contribution in [0.25, 0.3) is 0 Å². The summed E-state index contributed by atoms with van der Waals surface area (Å²) in [5, 5.41) is 25.3. The van der Waals surface area contributed by atoms with Crippen LogP contribution in [0.5, 0.6) is 0 Å². The molecule has 0 aromatic carbocycles. The first-order chi connectivity index (χ1) is 9.93. The first-order valence-corrected chi connectivity index (χ1v) is 5.49. The number of nitrogens with zero attached hydrogens (tertiary/aromatic N) is 2. The van der Waals surface area contributed by atoms with E-state index in [0.717, 1.165) is 0 Å². The molecule has 0 aliphatic rings. The van der Waals surface area contributed by atoms with Crippen LogP contribution in [0.15, 0.2) is 42.7 Å². The Kier molecular flexibility index (Phi) is 5.51. The van der Waals surface area contributed by atoms with Crippen LogP contribution < -0.4 is 0 Å². The van der Waals surface area contributed by atoms with Crippen molar-refractivity contribution in [2.45, 2.75) is 0 Å². The Hall–Kier alpha value is -3.29. The van der Waals surface area contributed by atoms with Crippen molar-refractivity contribution in [3.05, 3.63) is 59.7 Å². The molecule has 108 valence electrons. The van der Waals surface area contributed by atoms with Gasteiger partial charge in [-0.15, -0.1) is 0 Å². The van der Waals surface area contributed by atoms with E-state index in [1.807, 2.05) is 0 Å². The van der Waals surface area contributed by atoms with Crippen molar-refractivity contribution in [3.63, 3.8) is 0 Å². The van der Waals surface area contributed by atoms with Gasteiger partial charge in [0.25, 0.3) is 0 Å². The van der Waals surface area contributed by atoms with Gasteiger partial charge in [-0.3, -0.25) is 0 Å². The lowest BCUT2D eigenvalue weighted by atomic mass is 10.2. The summed E-state index contributed by atoms with van der Waals surface area (Å²) < 4.78 is 0. The molecule has 0 radical (unpaired) electrons. The third kappa shape index (κ3) is 4.71. The van der Waals surface area contributed by atoms with Gasteiger partial charge in [0.2, 0.25) is 0 Å². The van der Waals surface area contributed by atoms with Crippen LogP contribution in [-0.2, 0) is 0 Å². The van der Waals surface area contributed by atoms with Gasteiger partial charge in [-0.25, -0.2) is 24.4 Å². The van der Waals surface area contributed by atoms with E-state index in [1.165, 1.54) is 30.6 Å². The second-order valence-corrected chi connectivity index (χ2v) is 3.53. The summed E-state index contributed by atoms with van der Waals surface area (Å²) in [6.45, 7) is 0. The average molecular weight is 290 g/mol. The van der Waals surface area contributed by atoms with Gasteiger partial charge < -0.3 is 15.3 Å². The maximum absolute atomic E-state index is 10.4. The molecule has 0 saturated carbocycles. The Balaban J connectivity index is 0.000000219. The Morgan fingerprint density at radius 3 is 1.81 bits per heavy atom. The lowest BCUT2D eigenvalue weighted by Crippen LogP contribution is -2.09. The highest BCUT2D eigenvalue weighted by Crippen LogP contribution is 2.04. The summed E-state index contributed by atoms with van der Waals surface area (Å²) in [6.07, 6.45) is 2.68. The summed E-state index contributed by atoms with van der Waals surface area (Å²) >= 11 is 0. The van der Waals surface area contributed by atoms with Crippen LogP contribution in [0, 0.1) is 0 Å². The number of carbonyl (C=O) groups is 3. The number of rotatable bonds is 3. The highest BCUT2D eigenvalue weighted by Gasteiger charge is 2.15. The van der Waals surface area contributed by atoms with Crippen molar-refractivity contribution < 1.29 is 29.7 Å². The van der Waals surface area contributed by atoms with E-state index in [9.17, 15) is 14.4 Å². The van der Waals surface area contributed by atoms with Crippen LogP contribution in [0.1, 0.15) is 31.3 Å². The Labute approximate surface area is 118 Å². The Morgan fingerprint density at radius 2 is 1.43 bits per heavy atom. The standard InChI is InChI=1S/C7H5NO4.C6H5NO2/c9-6(10)4-2-1-3-8-5(4)7(11)12;8-6(9)5-3-1-2-4-7-5/h1-3H,(H,9,10)(H,11,12);1-4H,(H,8,9). The second kappa shape index (κ2) is 7.34. The second-order valence-electron chi connectivity index (χ2n) is 3.53. The minimum Gasteiger partial charge on any atom is -0.478 e. The molecule has 2 aromatic rings. The molecule has 0 amide bonds. The van der Waals surface area contributed by atoms with Gasteiger partial charge in [0.15, 0.2) is 5.69 Å². The van der Waals surface area contributed by atoms with Crippen molar-refractivity contribution >= 4 is 17.9 Å². The van der Waals surface area contributed by atoms with Crippen LogP contribution in [0.4, 0.5) is 0 Å². The maximum atomic E-state index is 10.4. The fourth-order valence-electron chi connectivity index (χ4n) is 1.24. The fraction of sp³-hybridized carbons (Fsp3) is 0. The summed E-state index contributed by atoms with van der Waals surface area (Å²) in [5.41, 5.74) is -0.660. The molecule has 0 saturated heterocycles. The topological polar surface area (TPSA) is 138 Å². The molecular weight excluding hydrogens is 280 g/mol. The molecule has 0 bridgehead atoms. The number of aromatic nitrogens is 2. The summed E-state index contributed by atoms with van der Waals surface area (Å²) in [4.78, 5) is 38.0. The lowest BCUT2D eigenvalue weighted by Gasteiger charge is -1.97. The molecule has 8 nitrogen and oxygen atoms in total. The van der Waals surface area contributed by atoms with Gasteiger partial charge in [0.1, 0.15) is 5.69 Å². The monoisotopic (exact) mass is 290 g/mol. The molecule has 21 heavy (non-hydrogen) atoms. The number of pyridine rings is 2. The molecule has 0 fully saturated rings. The van der Waals surface area contributed by atoms with Gasteiger partial charge >= 0.3 is 17.9 Å². The fourth-order valence-corrected chi connectivity index (χ4v) is 1.24. The SMILES string of the molecule is O=C(O)c1ccccn1.O=C(O)c1cccnc1C(=O)O. The molecular formula is C13H10N2O6. The molecule has 0 aliphatic carbocycles. The van der Waals surface area contributed by atoms with Crippen molar-refractivity contribution in [1.29, 1.82) is 0 Å². The zero-order valence-corrected chi connectivity index (χ0v) is 10.5. The van der Waals surface area contributed by atoms with E-state index in [2.05, 4.69) is 9.97 Å². The number of aromatic carboxylic acids is 3. The van der Waals surface area contributed by atoms with Crippen LogP contribution in [-0.4, -0.2) is 43.2 Å². The van der Waals surface area contributed by atoms with Crippen molar-refractivity contribution in [2.75, 3.05) is 0 Å². The quantitative estimate of drug-likeness (QED) is 0.767. The van der Waals surface area contributed by atoms with Crippen molar-refractivity contribution in [2.24, 2.45) is 0 Å². The molecule has 3 N–H and O–H groups in total. The minimum atomic E-state index is -1.34. The number of carboxylic acid groups (broad SMARTS) is 3. The highest BCUT2D eigenvalue weighted by molar-refractivity contribution is 6.00. The van der Waals surface area contributed by atoms with Gasteiger partial charge in [0.05, 0.1) is 5.56 Å². The highest BCUT2D eigenvalue weighted by atomic mass is 16.4. The molecule has 2 heterocycles. The van der Waals surface area contributed by atoms with E-state index in [4.69, 9.17) is 15.3 Å². The van der Waals surface area contributed by atoms with Gasteiger partial charge in [-0.05, 0) is 24.3 Å². The minimum absolute atomic E-state index is 0.0810. The van der Waals surface area contributed by atoms with E-state index < -0.39 is 23.6 Å². The number of hydrogen-bond acceptors (Lipinski definition) is 5. The van der Waals surface area contributed by atoms with E-state index in [1.54, 1.807) is 12.1 Å². The zero-order chi connectivity index (χ0) is 15.8. The molecule has 0 spiro atoms. The summed E-state index contributed by atoms with van der Waals surface area (Å²) in [7, 11) is 0. The van der Waals surface area contributed by atoms with Crippen molar-refractivity contribution in [1.82, 2.24) is 9.97 Å². The van der Waals surface area contributed by atoms with Crippen LogP contribution in [0.2, 0.25) is 0 Å². The summed E-state index contributed by atoms with van der Waals surface area (Å²) in [5.74, 6) is -3.62. The third-order valence-electron chi connectivity index (χ3n) is 2.12. The molecule has 0 atom stereocenters. The predicted molar refractivity (Wildman–Crippen MR) is 69.4 cm³/mol. The first-order valence-electron chi connectivity index (χ1n) is 5.49. The zero-order valence-electron chi connectivity index (χ0n) is 10.5. The average Bonchev–Trinajstić information content (AvgIpc) is 2.48. The molecule has 8 heteroatoms. The van der Waals surface area contributed by atoms with Crippen LogP contribution in [0.3, 0.4) is 0 Å². The molecule has 0 unspecified atom stereocenters. The largest absolute Gasteiger partial charge is 0.478 e. The van der Waals surface area contributed by atoms with Crippen molar-refractivity contribution in [3.8, 4) is 0 Å². The molecule has 2 aromatic heterocycles. The first kappa shape index (κ1) is 15.8. The van der Waals surface area contributed by atoms with E-state index in [0.29, 0.717) is 0 Å². The third-order valence-corrected chi connectivity index (χ3v) is 2.12. The van der Waals surface area contributed by atoms with Gasteiger partial charge in [-0.2, -0.15) is 0 Å². The smallest absolute Gasteiger partial charge is 0.355 e. The Bertz CT molecular complexity index is 624. The van der Waals surface area contributed by atoms with E-state index >= 15 is 0 Å². The molecule has 0 aliphatic heterocycles. The Morgan fingerprint density at radius 1 is 0.762 bits per heavy atom. The maximum Gasteiger partial charge on any atom is 0.355 e. The summed E-state index contributed by atoms with van der Waals surface area (Å²) in [6, 6.07) is 7.32. The van der Waals surface area contributed by atoms with Gasteiger partial charge in [0, 0.05) is 12.4 Å².